The molecular weight excluding hydrogens is 220 g/mol. The van der Waals surface area contributed by atoms with Gasteiger partial charge in [0.2, 0.25) is 0 Å². The molecule has 0 aromatic heterocycles. The highest BCUT2D eigenvalue weighted by Crippen LogP contribution is 2.46. The monoisotopic (exact) mass is 238 g/mol. The van der Waals surface area contributed by atoms with Crippen molar-refractivity contribution in [3.63, 3.8) is 0 Å². The van der Waals surface area contributed by atoms with Gasteiger partial charge in [0.05, 0.1) is 6.61 Å². The Morgan fingerprint density at radius 3 is 2.25 bits per heavy atom. The van der Waals surface area contributed by atoms with E-state index in [0.29, 0.717) is 6.61 Å². The molecule has 0 amide bonds. The Balaban J connectivity index is 3.10. The van der Waals surface area contributed by atoms with Crippen LogP contribution in [0.5, 0.6) is 0 Å². The summed E-state index contributed by atoms with van der Waals surface area (Å²) in [6.45, 7) is 10.3. The van der Waals surface area contributed by atoms with Crippen LogP contribution in [0.15, 0.2) is 43.0 Å². The van der Waals surface area contributed by atoms with E-state index in [9.17, 15) is 0 Å². The summed E-state index contributed by atoms with van der Waals surface area (Å²) in [4.78, 5) is 0. The molecule has 1 unspecified atom stereocenters. The highest BCUT2D eigenvalue weighted by Gasteiger charge is 2.42. The van der Waals surface area contributed by atoms with Crippen molar-refractivity contribution in [3.8, 4) is 0 Å². The standard InChI is InChI=1S/C14H19ClO/c1-5-11-16-14(15,13(2,3)4)12-9-7-6-8-10-12/h5-10H,1,11H2,2-4H3. The lowest BCUT2D eigenvalue weighted by atomic mass is 9.84. The molecular formula is C14H19ClO. The van der Waals surface area contributed by atoms with Crippen LogP contribution in [0.2, 0.25) is 0 Å². The van der Waals surface area contributed by atoms with Gasteiger partial charge < -0.3 is 4.74 Å². The molecule has 1 nitrogen and oxygen atoms in total. The molecule has 0 heterocycles. The normalized spacial score (nSPS) is 15.5. The van der Waals surface area contributed by atoms with Crippen LogP contribution >= 0.6 is 11.6 Å². The summed E-state index contributed by atoms with van der Waals surface area (Å²) >= 11 is 6.65. The number of hydrogen-bond donors (Lipinski definition) is 0. The minimum absolute atomic E-state index is 0.196. The lowest BCUT2D eigenvalue weighted by Crippen LogP contribution is -2.37. The number of rotatable bonds is 4. The molecule has 1 aromatic carbocycles. The molecule has 0 saturated carbocycles. The van der Waals surface area contributed by atoms with Crippen molar-refractivity contribution in [1.82, 2.24) is 0 Å². The van der Waals surface area contributed by atoms with Gasteiger partial charge in [-0.25, -0.2) is 0 Å². The summed E-state index contributed by atoms with van der Waals surface area (Å²) in [6.07, 6.45) is 1.71. The van der Waals surface area contributed by atoms with E-state index in [1.54, 1.807) is 6.08 Å². The first-order chi connectivity index (χ1) is 7.42. The van der Waals surface area contributed by atoms with Gasteiger partial charge in [-0.1, -0.05) is 68.8 Å². The van der Waals surface area contributed by atoms with Gasteiger partial charge in [0.15, 0.2) is 5.06 Å². The molecule has 0 bridgehead atoms. The van der Waals surface area contributed by atoms with E-state index in [4.69, 9.17) is 16.3 Å². The van der Waals surface area contributed by atoms with Crippen molar-refractivity contribution >= 4 is 11.6 Å². The lowest BCUT2D eigenvalue weighted by Gasteiger charge is -2.39. The van der Waals surface area contributed by atoms with Gasteiger partial charge >= 0.3 is 0 Å². The predicted molar refractivity (Wildman–Crippen MR) is 69.6 cm³/mol. The molecule has 0 radical (unpaired) electrons. The molecule has 0 aliphatic heterocycles. The maximum atomic E-state index is 6.65. The third-order valence-electron chi connectivity index (χ3n) is 2.51. The van der Waals surface area contributed by atoms with Gasteiger partial charge in [0.25, 0.3) is 0 Å². The number of alkyl halides is 1. The van der Waals surface area contributed by atoms with E-state index in [0.717, 1.165) is 5.56 Å². The number of ether oxygens (including phenoxy) is 1. The molecule has 0 fully saturated rings. The zero-order valence-electron chi connectivity index (χ0n) is 10.2. The molecule has 16 heavy (non-hydrogen) atoms. The Bertz CT molecular complexity index is 340. The first-order valence-electron chi connectivity index (χ1n) is 5.41. The van der Waals surface area contributed by atoms with E-state index in [2.05, 4.69) is 27.4 Å². The van der Waals surface area contributed by atoms with Gasteiger partial charge in [-0.05, 0) is 5.56 Å². The van der Waals surface area contributed by atoms with Crippen LogP contribution in [0.3, 0.4) is 0 Å². The van der Waals surface area contributed by atoms with Gasteiger partial charge in [-0.2, -0.15) is 0 Å². The fourth-order valence-corrected chi connectivity index (χ4v) is 1.75. The fourth-order valence-electron chi connectivity index (χ4n) is 1.56. The summed E-state index contributed by atoms with van der Waals surface area (Å²) in [5.74, 6) is 0. The van der Waals surface area contributed by atoms with E-state index < -0.39 is 5.06 Å². The van der Waals surface area contributed by atoms with E-state index in [-0.39, 0.29) is 5.41 Å². The maximum absolute atomic E-state index is 6.65. The second-order valence-electron chi connectivity index (χ2n) is 4.81. The average Bonchev–Trinajstić information content (AvgIpc) is 2.25. The summed E-state index contributed by atoms with van der Waals surface area (Å²) in [6, 6.07) is 9.88. The molecule has 0 aliphatic carbocycles. The largest absolute Gasteiger partial charge is 0.351 e. The predicted octanol–water partition coefficient (Wildman–Crippen LogP) is 4.33. The van der Waals surface area contributed by atoms with Crippen molar-refractivity contribution in [2.24, 2.45) is 5.41 Å². The van der Waals surface area contributed by atoms with Crippen LogP contribution < -0.4 is 0 Å². The third-order valence-corrected chi connectivity index (χ3v) is 3.40. The zero-order valence-corrected chi connectivity index (χ0v) is 10.9. The van der Waals surface area contributed by atoms with Gasteiger partial charge in [0, 0.05) is 5.41 Å². The summed E-state index contributed by atoms with van der Waals surface area (Å²) < 4.78 is 5.78. The smallest absolute Gasteiger partial charge is 0.172 e. The van der Waals surface area contributed by atoms with Crippen molar-refractivity contribution in [1.29, 1.82) is 0 Å². The van der Waals surface area contributed by atoms with Crippen LogP contribution in [0, 0.1) is 5.41 Å². The Labute approximate surface area is 103 Å². The first kappa shape index (κ1) is 13.3. The molecule has 1 aromatic rings. The number of halogens is 1. The van der Waals surface area contributed by atoms with Crippen molar-refractivity contribution in [2.45, 2.75) is 25.8 Å². The summed E-state index contributed by atoms with van der Waals surface area (Å²) in [5.41, 5.74) is 0.782. The number of benzene rings is 1. The van der Waals surface area contributed by atoms with Crippen LogP contribution in [-0.2, 0) is 9.80 Å². The lowest BCUT2D eigenvalue weighted by molar-refractivity contribution is -0.0451. The van der Waals surface area contributed by atoms with E-state index >= 15 is 0 Å². The quantitative estimate of drug-likeness (QED) is 0.561. The topological polar surface area (TPSA) is 9.23 Å². The minimum Gasteiger partial charge on any atom is -0.351 e. The Morgan fingerprint density at radius 2 is 1.81 bits per heavy atom. The molecule has 0 saturated heterocycles. The molecule has 88 valence electrons. The van der Waals surface area contributed by atoms with Gasteiger partial charge in [0.1, 0.15) is 0 Å². The summed E-state index contributed by atoms with van der Waals surface area (Å²) in [5, 5.41) is -0.817. The van der Waals surface area contributed by atoms with Crippen molar-refractivity contribution in [2.75, 3.05) is 6.61 Å². The Hall–Kier alpha value is -0.790. The minimum atomic E-state index is -0.817. The van der Waals surface area contributed by atoms with E-state index in [1.807, 2.05) is 30.3 Å². The maximum Gasteiger partial charge on any atom is 0.172 e. The summed E-state index contributed by atoms with van der Waals surface area (Å²) in [7, 11) is 0. The average molecular weight is 239 g/mol. The molecule has 1 atom stereocenters. The molecule has 0 aliphatic rings. The molecule has 0 spiro atoms. The number of hydrogen-bond acceptors (Lipinski definition) is 1. The first-order valence-corrected chi connectivity index (χ1v) is 5.79. The molecule has 0 N–H and O–H groups in total. The second-order valence-corrected chi connectivity index (χ2v) is 5.34. The third kappa shape index (κ3) is 2.66. The van der Waals surface area contributed by atoms with Crippen molar-refractivity contribution in [3.05, 3.63) is 48.6 Å². The van der Waals surface area contributed by atoms with Crippen LogP contribution in [0.25, 0.3) is 0 Å². The Kier molecular flexibility index (Phi) is 4.17. The van der Waals surface area contributed by atoms with E-state index in [1.165, 1.54) is 0 Å². The van der Waals surface area contributed by atoms with Gasteiger partial charge in [-0.3, -0.25) is 0 Å². The van der Waals surface area contributed by atoms with Crippen molar-refractivity contribution < 1.29 is 4.74 Å². The zero-order chi connectivity index (χ0) is 12.2. The van der Waals surface area contributed by atoms with Crippen LogP contribution in [0.1, 0.15) is 26.3 Å². The van der Waals surface area contributed by atoms with Gasteiger partial charge in [-0.15, -0.1) is 6.58 Å². The van der Waals surface area contributed by atoms with Crippen LogP contribution in [-0.4, -0.2) is 6.61 Å². The Morgan fingerprint density at radius 1 is 1.25 bits per heavy atom. The molecule has 1 rings (SSSR count). The highest BCUT2D eigenvalue weighted by molar-refractivity contribution is 6.23. The second kappa shape index (κ2) is 5.03. The molecule has 2 heteroatoms. The fraction of sp³-hybridized carbons (Fsp3) is 0.429. The SMILES string of the molecule is C=CCOC(Cl)(c1ccccc1)C(C)(C)C. The highest BCUT2D eigenvalue weighted by atomic mass is 35.5. The van der Waals surface area contributed by atoms with Crippen LogP contribution in [0.4, 0.5) is 0 Å².